The number of nitrogens with zero attached hydrogens (tertiary/aromatic N) is 2. The Bertz CT molecular complexity index is 1410. The lowest BCUT2D eigenvalue weighted by molar-refractivity contribution is -0.384. The molecule has 5 rings (SSSR count). The number of amides is 1. The molecular weight excluding hydrogens is 418 g/mol. The van der Waals surface area contributed by atoms with Crippen molar-refractivity contribution in [1.82, 2.24) is 4.98 Å². The number of anilines is 1. The normalized spacial score (nSPS) is 11.1. The molecule has 0 unspecified atom stereocenters. The molecule has 1 amide bonds. The van der Waals surface area contributed by atoms with Gasteiger partial charge in [-0.05, 0) is 36.4 Å². The number of carbonyl (C=O) groups excluding carboxylic acids is 1. The first-order valence-electron chi connectivity index (χ1n) is 9.02. The van der Waals surface area contributed by atoms with Gasteiger partial charge in [-0.1, -0.05) is 24.3 Å². The zero-order valence-corrected chi connectivity index (χ0v) is 17.0. The molecule has 146 valence electrons. The third kappa shape index (κ3) is 3.42. The van der Waals surface area contributed by atoms with E-state index in [9.17, 15) is 14.9 Å². The molecule has 0 saturated heterocycles. The minimum Gasteiger partial charge on any atom is -0.321 e. The fourth-order valence-electron chi connectivity index (χ4n) is 3.17. The summed E-state index contributed by atoms with van der Waals surface area (Å²) >= 11 is 2.91. The lowest BCUT2D eigenvalue weighted by Gasteiger charge is -2.05. The van der Waals surface area contributed by atoms with Crippen LogP contribution < -0.4 is 5.32 Å². The monoisotopic (exact) mass is 431 g/mol. The number of para-hydroxylation sites is 1. The summed E-state index contributed by atoms with van der Waals surface area (Å²) in [7, 11) is 0. The van der Waals surface area contributed by atoms with Crippen molar-refractivity contribution < 1.29 is 9.72 Å². The number of non-ortho nitro benzene ring substituents is 1. The first kappa shape index (κ1) is 18.4. The van der Waals surface area contributed by atoms with Gasteiger partial charge in [0.15, 0.2) is 0 Å². The van der Waals surface area contributed by atoms with Gasteiger partial charge in [0, 0.05) is 33.5 Å². The Labute approximate surface area is 178 Å². The van der Waals surface area contributed by atoms with Crippen molar-refractivity contribution >= 4 is 60.3 Å². The van der Waals surface area contributed by atoms with Crippen LogP contribution in [0, 0.1) is 10.1 Å². The number of rotatable bonds is 4. The van der Waals surface area contributed by atoms with Crippen LogP contribution in [0.2, 0.25) is 0 Å². The molecule has 0 bridgehead atoms. The largest absolute Gasteiger partial charge is 0.321 e. The molecule has 0 fully saturated rings. The zero-order chi connectivity index (χ0) is 20.7. The highest BCUT2D eigenvalue weighted by atomic mass is 32.1. The fourth-order valence-corrected chi connectivity index (χ4v) is 5.07. The van der Waals surface area contributed by atoms with Crippen LogP contribution in [0.4, 0.5) is 11.4 Å². The molecule has 0 radical (unpaired) electrons. The van der Waals surface area contributed by atoms with Crippen molar-refractivity contribution in [2.24, 2.45) is 0 Å². The van der Waals surface area contributed by atoms with Crippen LogP contribution in [0.3, 0.4) is 0 Å². The highest BCUT2D eigenvalue weighted by molar-refractivity contribution is 7.21. The summed E-state index contributed by atoms with van der Waals surface area (Å²) < 4.78 is 1.94. The van der Waals surface area contributed by atoms with Gasteiger partial charge in [-0.3, -0.25) is 14.9 Å². The van der Waals surface area contributed by atoms with Crippen molar-refractivity contribution in [2.75, 3.05) is 5.32 Å². The highest BCUT2D eigenvalue weighted by Crippen LogP contribution is 2.32. The van der Waals surface area contributed by atoms with E-state index in [1.807, 2.05) is 48.5 Å². The third-order valence-corrected chi connectivity index (χ3v) is 6.80. The van der Waals surface area contributed by atoms with Gasteiger partial charge >= 0.3 is 0 Å². The van der Waals surface area contributed by atoms with E-state index < -0.39 is 4.92 Å². The maximum Gasteiger partial charge on any atom is 0.270 e. The predicted molar refractivity (Wildman–Crippen MR) is 121 cm³/mol. The van der Waals surface area contributed by atoms with Gasteiger partial charge in [0.05, 0.1) is 20.0 Å². The number of fused-ring (bicyclic) bond motifs is 2. The summed E-state index contributed by atoms with van der Waals surface area (Å²) in [6.07, 6.45) is 0. The molecule has 3 aromatic carbocycles. The van der Waals surface area contributed by atoms with E-state index in [0.29, 0.717) is 16.0 Å². The Morgan fingerprint density at radius 1 is 0.933 bits per heavy atom. The summed E-state index contributed by atoms with van der Waals surface area (Å²) in [6, 6.07) is 21.8. The van der Waals surface area contributed by atoms with Crippen LogP contribution in [0.1, 0.15) is 9.67 Å². The summed E-state index contributed by atoms with van der Waals surface area (Å²) in [5.74, 6) is -0.250. The topological polar surface area (TPSA) is 85.1 Å². The molecule has 30 heavy (non-hydrogen) atoms. The Kier molecular flexibility index (Phi) is 4.50. The summed E-state index contributed by atoms with van der Waals surface area (Å²) in [5, 5.41) is 15.4. The maximum absolute atomic E-state index is 12.7. The molecule has 5 aromatic rings. The quantitative estimate of drug-likeness (QED) is 0.266. The van der Waals surface area contributed by atoms with Crippen LogP contribution in [-0.2, 0) is 0 Å². The van der Waals surface area contributed by atoms with E-state index >= 15 is 0 Å². The molecule has 0 atom stereocenters. The minimum atomic E-state index is -0.440. The molecule has 2 heterocycles. The Balaban J connectivity index is 1.41. The number of thiazole rings is 1. The second-order valence-corrected chi connectivity index (χ2v) is 8.73. The SMILES string of the molecule is O=C(Nc1cccc(-c2nc3ccccc3s2)c1)c1cc2cc([N+](=O)[O-])ccc2s1. The van der Waals surface area contributed by atoms with E-state index in [1.54, 1.807) is 23.5 Å². The molecule has 0 spiro atoms. The van der Waals surface area contributed by atoms with E-state index in [2.05, 4.69) is 10.3 Å². The molecule has 8 heteroatoms. The lowest BCUT2D eigenvalue weighted by Crippen LogP contribution is -2.09. The standard InChI is InChI=1S/C22H13N3O3S2/c26-21(20-12-14-11-16(25(27)28)8-9-18(14)29-20)23-15-5-3-4-13(10-15)22-24-17-6-1-2-7-19(17)30-22/h1-12H,(H,23,26). The fraction of sp³-hybridized carbons (Fsp3) is 0. The molecule has 0 saturated carbocycles. The van der Waals surface area contributed by atoms with E-state index in [4.69, 9.17) is 0 Å². The van der Waals surface area contributed by atoms with Gasteiger partial charge in [0.25, 0.3) is 11.6 Å². The second kappa shape index (κ2) is 7.33. The number of thiophene rings is 1. The Morgan fingerprint density at radius 3 is 2.63 bits per heavy atom. The second-order valence-electron chi connectivity index (χ2n) is 6.61. The number of hydrogen-bond donors (Lipinski definition) is 1. The van der Waals surface area contributed by atoms with Crippen LogP contribution in [0.25, 0.3) is 30.9 Å². The Morgan fingerprint density at radius 2 is 1.80 bits per heavy atom. The zero-order valence-electron chi connectivity index (χ0n) is 15.4. The van der Waals surface area contributed by atoms with E-state index in [1.165, 1.54) is 23.5 Å². The molecule has 1 N–H and O–H groups in total. The van der Waals surface area contributed by atoms with Crippen LogP contribution >= 0.6 is 22.7 Å². The van der Waals surface area contributed by atoms with Gasteiger partial charge in [0.2, 0.25) is 0 Å². The first-order chi connectivity index (χ1) is 14.6. The number of carbonyl (C=O) groups is 1. The average molecular weight is 431 g/mol. The average Bonchev–Trinajstić information content (AvgIpc) is 3.37. The smallest absolute Gasteiger partial charge is 0.270 e. The molecule has 0 aliphatic carbocycles. The van der Waals surface area contributed by atoms with Gasteiger partial charge in [-0.15, -0.1) is 22.7 Å². The maximum atomic E-state index is 12.7. The molecular formula is C22H13N3O3S2. The number of aromatic nitrogens is 1. The van der Waals surface area contributed by atoms with Crippen LogP contribution in [-0.4, -0.2) is 15.8 Å². The number of nitrogens with one attached hydrogen (secondary N) is 1. The van der Waals surface area contributed by atoms with Gasteiger partial charge in [-0.2, -0.15) is 0 Å². The van der Waals surface area contributed by atoms with Crippen molar-refractivity contribution in [2.45, 2.75) is 0 Å². The van der Waals surface area contributed by atoms with Gasteiger partial charge in [-0.25, -0.2) is 4.98 Å². The van der Waals surface area contributed by atoms with Crippen molar-refractivity contribution in [1.29, 1.82) is 0 Å². The lowest BCUT2D eigenvalue weighted by atomic mass is 10.2. The molecule has 0 aliphatic heterocycles. The van der Waals surface area contributed by atoms with Crippen molar-refractivity contribution in [3.05, 3.63) is 87.8 Å². The minimum absolute atomic E-state index is 0.00999. The van der Waals surface area contributed by atoms with Crippen molar-refractivity contribution in [3.8, 4) is 10.6 Å². The number of hydrogen-bond acceptors (Lipinski definition) is 6. The number of benzene rings is 3. The van der Waals surface area contributed by atoms with Crippen molar-refractivity contribution in [3.63, 3.8) is 0 Å². The van der Waals surface area contributed by atoms with Gasteiger partial charge in [0.1, 0.15) is 5.01 Å². The number of nitro benzene ring substituents is 1. The first-order valence-corrected chi connectivity index (χ1v) is 10.7. The summed E-state index contributed by atoms with van der Waals surface area (Å²) in [5.41, 5.74) is 2.56. The predicted octanol–water partition coefficient (Wildman–Crippen LogP) is 6.34. The Hall–Kier alpha value is -3.62. The van der Waals surface area contributed by atoms with Crippen LogP contribution in [0.15, 0.2) is 72.8 Å². The van der Waals surface area contributed by atoms with Gasteiger partial charge < -0.3 is 5.32 Å². The van der Waals surface area contributed by atoms with E-state index in [0.717, 1.165) is 25.5 Å². The summed E-state index contributed by atoms with van der Waals surface area (Å²) in [4.78, 5) is 28.4. The molecule has 0 aliphatic rings. The third-order valence-electron chi connectivity index (χ3n) is 4.60. The van der Waals surface area contributed by atoms with Crippen LogP contribution in [0.5, 0.6) is 0 Å². The number of nitro groups is 1. The highest BCUT2D eigenvalue weighted by Gasteiger charge is 2.14. The van der Waals surface area contributed by atoms with E-state index in [-0.39, 0.29) is 11.6 Å². The molecule has 6 nitrogen and oxygen atoms in total. The summed E-state index contributed by atoms with van der Waals surface area (Å²) in [6.45, 7) is 0. The molecule has 2 aromatic heterocycles.